The van der Waals surface area contributed by atoms with E-state index in [0.717, 1.165) is 36.5 Å². The largest absolute Gasteiger partial charge is 0.196 e. The Balaban J connectivity index is 1.62. The number of unbranched alkanes of at least 4 members (excludes halogenated alkanes) is 1. The zero-order valence-corrected chi connectivity index (χ0v) is 14.9. The molecule has 2 aliphatic carbocycles. The molecule has 1 nitrogen and oxygen atoms in total. The summed E-state index contributed by atoms with van der Waals surface area (Å²) in [6.07, 6.45) is 18.8. The molecule has 2 heteroatoms. The van der Waals surface area contributed by atoms with Crippen molar-refractivity contribution < 1.29 is 4.39 Å². The van der Waals surface area contributed by atoms with E-state index in [1.54, 1.807) is 6.07 Å². The zero-order chi connectivity index (χ0) is 16.5. The Bertz CT molecular complexity index is 393. The molecule has 0 aromatic rings. The molecule has 0 bridgehead atoms. The summed E-state index contributed by atoms with van der Waals surface area (Å²) >= 11 is 0. The van der Waals surface area contributed by atoms with Crippen molar-refractivity contribution in [2.75, 3.05) is 0 Å². The van der Waals surface area contributed by atoms with Crippen LogP contribution in [0.1, 0.15) is 90.4 Å². The molecule has 0 aromatic heterocycles. The van der Waals surface area contributed by atoms with Gasteiger partial charge in [0.15, 0.2) is 5.83 Å². The Morgan fingerprint density at radius 1 is 0.957 bits per heavy atom. The minimum Gasteiger partial charge on any atom is -0.195 e. The molecule has 2 rings (SSSR count). The molecule has 0 N–H and O–H groups in total. The summed E-state index contributed by atoms with van der Waals surface area (Å²) in [6.45, 7) is 2.30. The highest BCUT2D eigenvalue weighted by Crippen LogP contribution is 2.43. The second kappa shape index (κ2) is 10.1. The topological polar surface area (TPSA) is 23.8 Å². The first-order valence-electron chi connectivity index (χ1n) is 9.98. The van der Waals surface area contributed by atoms with Gasteiger partial charge in [0.2, 0.25) is 0 Å². The molecule has 0 heterocycles. The Morgan fingerprint density at radius 2 is 1.48 bits per heavy atom. The monoisotopic (exact) mass is 319 g/mol. The van der Waals surface area contributed by atoms with Crippen LogP contribution < -0.4 is 0 Å². The van der Waals surface area contributed by atoms with E-state index in [1.165, 1.54) is 76.7 Å². The number of halogens is 1. The fraction of sp³-hybridized carbons (Fsp3) is 0.857. The van der Waals surface area contributed by atoms with Crippen LogP contribution in [-0.2, 0) is 0 Å². The Hall–Kier alpha value is -0.840. The third-order valence-corrected chi connectivity index (χ3v) is 6.42. The minimum atomic E-state index is -0.612. The molecular weight excluding hydrogens is 285 g/mol. The second-order valence-electron chi connectivity index (χ2n) is 7.95. The lowest BCUT2D eigenvalue weighted by molar-refractivity contribution is 0.141. The molecule has 2 fully saturated rings. The van der Waals surface area contributed by atoms with Gasteiger partial charge in [-0.15, -0.1) is 0 Å². The summed E-state index contributed by atoms with van der Waals surface area (Å²) in [5.41, 5.74) is 0. The van der Waals surface area contributed by atoms with E-state index < -0.39 is 5.83 Å². The van der Waals surface area contributed by atoms with Crippen LogP contribution >= 0.6 is 0 Å². The first kappa shape index (κ1) is 18.5. The van der Waals surface area contributed by atoms with Crippen LogP contribution in [0.15, 0.2) is 11.9 Å². The van der Waals surface area contributed by atoms with Crippen molar-refractivity contribution in [3.05, 3.63) is 11.9 Å². The van der Waals surface area contributed by atoms with E-state index in [-0.39, 0.29) is 0 Å². The highest BCUT2D eigenvalue weighted by atomic mass is 19.1. The van der Waals surface area contributed by atoms with Crippen LogP contribution in [0.25, 0.3) is 0 Å². The standard InChI is InChI=1S/C21H34FN/c1-2-3-5-17-8-12-19(13-9-17)20-14-10-18(11-15-20)6-4-7-21(22)16-23/h7,17-20H,2-6,8-15H2,1H3/b21-7-. The summed E-state index contributed by atoms with van der Waals surface area (Å²) in [6, 6.07) is 1.56. The van der Waals surface area contributed by atoms with E-state index in [4.69, 9.17) is 5.26 Å². The van der Waals surface area contributed by atoms with Gasteiger partial charge in [-0.25, -0.2) is 0 Å². The molecule has 0 aromatic carbocycles. The summed E-state index contributed by atoms with van der Waals surface area (Å²) in [7, 11) is 0. The van der Waals surface area contributed by atoms with Gasteiger partial charge in [-0.3, -0.25) is 0 Å². The van der Waals surface area contributed by atoms with Crippen molar-refractivity contribution in [2.45, 2.75) is 90.4 Å². The molecule has 130 valence electrons. The number of allylic oxidation sites excluding steroid dienone is 2. The molecule has 0 amide bonds. The van der Waals surface area contributed by atoms with Gasteiger partial charge in [-0.1, -0.05) is 51.9 Å². The smallest absolute Gasteiger partial charge is 0.195 e. The quantitative estimate of drug-likeness (QED) is 0.466. The maximum absolute atomic E-state index is 12.8. The van der Waals surface area contributed by atoms with Gasteiger partial charge in [-0.2, -0.15) is 9.65 Å². The van der Waals surface area contributed by atoms with Gasteiger partial charge in [0, 0.05) is 0 Å². The van der Waals surface area contributed by atoms with Gasteiger partial charge < -0.3 is 0 Å². The first-order valence-corrected chi connectivity index (χ1v) is 9.98. The lowest BCUT2D eigenvalue weighted by Gasteiger charge is -2.38. The Labute approximate surface area is 142 Å². The van der Waals surface area contributed by atoms with Crippen LogP contribution in [0.2, 0.25) is 0 Å². The molecule has 0 aliphatic heterocycles. The summed E-state index contributed by atoms with van der Waals surface area (Å²) in [5.74, 6) is 3.12. The number of nitriles is 1. The van der Waals surface area contributed by atoms with Crippen LogP contribution in [0.4, 0.5) is 4.39 Å². The summed E-state index contributed by atoms with van der Waals surface area (Å²) in [4.78, 5) is 0. The average molecular weight is 320 g/mol. The van der Waals surface area contributed by atoms with Crippen molar-refractivity contribution in [1.29, 1.82) is 5.26 Å². The Kier molecular flexibility index (Phi) is 8.13. The fourth-order valence-electron chi connectivity index (χ4n) is 4.88. The van der Waals surface area contributed by atoms with Crippen LogP contribution in [0.5, 0.6) is 0 Å². The number of nitrogens with zero attached hydrogens (tertiary/aromatic N) is 1. The fourth-order valence-corrected chi connectivity index (χ4v) is 4.88. The van der Waals surface area contributed by atoms with Gasteiger partial charge in [-0.05, 0) is 68.3 Å². The molecule has 0 spiro atoms. The molecule has 2 aliphatic rings. The van der Waals surface area contributed by atoms with Gasteiger partial charge >= 0.3 is 0 Å². The second-order valence-corrected chi connectivity index (χ2v) is 7.95. The van der Waals surface area contributed by atoms with Crippen molar-refractivity contribution >= 4 is 0 Å². The SMILES string of the molecule is CCCCC1CCC(C2CCC(CC/C=C(\F)C#N)CC2)CC1. The molecular formula is C21H34FN. The van der Waals surface area contributed by atoms with E-state index >= 15 is 0 Å². The van der Waals surface area contributed by atoms with Crippen LogP contribution in [0.3, 0.4) is 0 Å². The van der Waals surface area contributed by atoms with Crippen molar-refractivity contribution in [1.82, 2.24) is 0 Å². The molecule has 0 saturated heterocycles. The van der Waals surface area contributed by atoms with Crippen molar-refractivity contribution in [3.63, 3.8) is 0 Å². The summed E-state index contributed by atoms with van der Waals surface area (Å²) in [5, 5.41) is 8.42. The third kappa shape index (κ3) is 6.28. The van der Waals surface area contributed by atoms with E-state index in [9.17, 15) is 4.39 Å². The highest BCUT2D eigenvalue weighted by Gasteiger charge is 2.30. The van der Waals surface area contributed by atoms with Crippen LogP contribution in [0, 0.1) is 35.0 Å². The normalized spacial score (nSPS) is 32.5. The third-order valence-electron chi connectivity index (χ3n) is 6.42. The summed E-state index contributed by atoms with van der Waals surface area (Å²) < 4.78 is 12.8. The molecule has 0 unspecified atom stereocenters. The average Bonchev–Trinajstić information content (AvgIpc) is 2.61. The Morgan fingerprint density at radius 3 is 1.96 bits per heavy atom. The van der Waals surface area contributed by atoms with E-state index in [2.05, 4.69) is 6.92 Å². The lowest BCUT2D eigenvalue weighted by Crippen LogP contribution is -2.25. The van der Waals surface area contributed by atoms with Gasteiger partial charge in [0.1, 0.15) is 6.07 Å². The number of hydrogen-bond acceptors (Lipinski definition) is 1. The molecule has 23 heavy (non-hydrogen) atoms. The van der Waals surface area contributed by atoms with Gasteiger partial charge in [0.25, 0.3) is 0 Å². The van der Waals surface area contributed by atoms with Crippen molar-refractivity contribution in [3.8, 4) is 6.07 Å². The van der Waals surface area contributed by atoms with E-state index in [1.807, 2.05) is 0 Å². The van der Waals surface area contributed by atoms with Crippen LogP contribution in [-0.4, -0.2) is 0 Å². The first-order chi connectivity index (χ1) is 11.2. The molecule has 0 radical (unpaired) electrons. The lowest BCUT2D eigenvalue weighted by atomic mass is 9.68. The predicted molar refractivity (Wildman–Crippen MR) is 94.5 cm³/mol. The molecule has 2 saturated carbocycles. The number of hydrogen-bond donors (Lipinski definition) is 0. The predicted octanol–water partition coefficient (Wildman–Crippen LogP) is 6.95. The minimum absolute atomic E-state index is 0.612. The maximum atomic E-state index is 12.8. The number of rotatable bonds is 7. The van der Waals surface area contributed by atoms with Crippen molar-refractivity contribution in [2.24, 2.45) is 23.7 Å². The highest BCUT2D eigenvalue weighted by molar-refractivity contribution is 5.11. The van der Waals surface area contributed by atoms with E-state index in [0.29, 0.717) is 0 Å². The molecule has 0 atom stereocenters. The zero-order valence-electron chi connectivity index (χ0n) is 14.9. The maximum Gasteiger partial charge on any atom is 0.196 e. The van der Waals surface area contributed by atoms with Gasteiger partial charge in [0.05, 0.1) is 0 Å².